The van der Waals surface area contributed by atoms with E-state index < -0.39 is 5.63 Å². The van der Waals surface area contributed by atoms with Crippen LogP contribution in [0.3, 0.4) is 0 Å². The lowest BCUT2D eigenvalue weighted by Gasteiger charge is -2.07. The van der Waals surface area contributed by atoms with Gasteiger partial charge in [0.2, 0.25) is 0 Å². The third kappa shape index (κ3) is 1.64. The molecule has 19 heavy (non-hydrogen) atoms. The van der Waals surface area contributed by atoms with Crippen molar-refractivity contribution in [1.29, 1.82) is 5.26 Å². The molecule has 0 bridgehead atoms. The van der Waals surface area contributed by atoms with Crippen molar-refractivity contribution in [3.8, 4) is 11.8 Å². The monoisotopic (exact) mass is 251 g/mol. The molecule has 0 atom stereocenters. The summed E-state index contributed by atoms with van der Waals surface area (Å²) >= 11 is 0. The lowest BCUT2D eigenvalue weighted by Crippen LogP contribution is -2.04. The molecule has 4 nitrogen and oxygen atoms in total. The first-order valence-corrected chi connectivity index (χ1v) is 5.68. The zero-order valence-electron chi connectivity index (χ0n) is 10.1. The summed E-state index contributed by atoms with van der Waals surface area (Å²) in [6.45, 7) is 0. The minimum atomic E-state index is -0.649. The van der Waals surface area contributed by atoms with Gasteiger partial charge < -0.3 is 9.15 Å². The third-order valence-electron chi connectivity index (χ3n) is 3.05. The molecule has 0 aliphatic rings. The van der Waals surface area contributed by atoms with E-state index in [1.165, 1.54) is 7.11 Å². The zero-order chi connectivity index (χ0) is 13.4. The van der Waals surface area contributed by atoms with Gasteiger partial charge in [-0.1, -0.05) is 24.3 Å². The predicted molar refractivity (Wildman–Crippen MR) is 71.3 cm³/mol. The molecule has 0 fully saturated rings. The molecule has 92 valence electrons. The van der Waals surface area contributed by atoms with Gasteiger partial charge in [-0.25, -0.2) is 4.79 Å². The van der Waals surface area contributed by atoms with Crippen LogP contribution in [0.1, 0.15) is 5.56 Å². The van der Waals surface area contributed by atoms with Gasteiger partial charge in [0.15, 0.2) is 11.3 Å². The first-order valence-electron chi connectivity index (χ1n) is 5.68. The fraction of sp³-hybridized carbons (Fsp3) is 0.0667. The SMILES string of the molecule is COc1cc2ccccc2c2cc(C#N)c(=O)oc12. The molecule has 1 aromatic heterocycles. The zero-order valence-corrected chi connectivity index (χ0v) is 10.1. The first-order chi connectivity index (χ1) is 9.24. The number of nitrogens with zero attached hydrogens (tertiary/aromatic N) is 1. The lowest BCUT2D eigenvalue weighted by molar-refractivity contribution is 0.407. The topological polar surface area (TPSA) is 63.2 Å². The summed E-state index contributed by atoms with van der Waals surface area (Å²) in [6.07, 6.45) is 0. The fourth-order valence-corrected chi connectivity index (χ4v) is 2.16. The minimum Gasteiger partial charge on any atom is -0.493 e. The van der Waals surface area contributed by atoms with Crippen LogP contribution >= 0.6 is 0 Å². The highest BCUT2D eigenvalue weighted by Gasteiger charge is 2.12. The first kappa shape index (κ1) is 11.3. The van der Waals surface area contributed by atoms with Gasteiger partial charge in [0.05, 0.1) is 7.11 Å². The Hall–Kier alpha value is -2.80. The maximum Gasteiger partial charge on any atom is 0.354 e. The molecule has 0 aliphatic carbocycles. The maximum absolute atomic E-state index is 11.6. The highest BCUT2D eigenvalue weighted by atomic mass is 16.5. The molecular weight excluding hydrogens is 242 g/mol. The normalized spacial score (nSPS) is 10.5. The van der Waals surface area contributed by atoms with E-state index in [0.29, 0.717) is 16.7 Å². The lowest BCUT2D eigenvalue weighted by atomic mass is 10.0. The molecule has 0 unspecified atom stereocenters. The van der Waals surface area contributed by atoms with Gasteiger partial charge in [0, 0.05) is 5.39 Å². The Morgan fingerprint density at radius 2 is 2.00 bits per heavy atom. The van der Waals surface area contributed by atoms with Crippen molar-refractivity contribution in [2.75, 3.05) is 7.11 Å². The van der Waals surface area contributed by atoms with E-state index in [0.717, 1.165) is 10.8 Å². The van der Waals surface area contributed by atoms with E-state index in [-0.39, 0.29) is 5.56 Å². The van der Waals surface area contributed by atoms with Crippen LogP contribution < -0.4 is 10.4 Å². The molecule has 1 heterocycles. The van der Waals surface area contributed by atoms with Crippen molar-refractivity contribution in [3.05, 3.63) is 52.4 Å². The van der Waals surface area contributed by atoms with Gasteiger partial charge in [-0.2, -0.15) is 5.26 Å². The Labute approximate surface area is 108 Å². The Morgan fingerprint density at radius 1 is 1.21 bits per heavy atom. The van der Waals surface area contributed by atoms with Crippen molar-refractivity contribution in [3.63, 3.8) is 0 Å². The third-order valence-corrected chi connectivity index (χ3v) is 3.05. The smallest absolute Gasteiger partial charge is 0.354 e. The van der Waals surface area contributed by atoms with Crippen LogP contribution in [0.25, 0.3) is 21.7 Å². The molecule has 0 spiro atoms. The number of hydrogen-bond acceptors (Lipinski definition) is 4. The number of nitriles is 1. The number of rotatable bonds is 1. The van der Waals surface area contributed by atoms with Crippen molar-refractivity contribution in [1.82, 2.24) is 0 Å². The molecule has 0 aliphatic heterocycles. The summed E-state index contributed by atoms with van der Waals surface area (Å²) in [5.74, 6) is 0.482. The quantitative estimate of drug-likeness (QED) is 0.492. The van der Waals surface area contributed by atoms with Crippen molar-refractivity contribution < 1.29 is 9.15 Å². The Balaban J connectivity index is 2.60. The van der Waals surface area contributed by atoms with Crippen molar-refractivity contribution in [2.24, 2.45) is 0 Å². The molecule has 0 N–H and O–H groups in total. The molecule has 4 heteroatoms. The van der Waals surface area contributed by atoms with E-state index in [9.17, 15) is 4.79 Å². The van der Waals surface area contributed by atoms with Gasteiger partial charge in [-0.15, -0.1) is 0 Å². The van der Waals surface area contributed by atoms with Crippen molar-refractivity contribution in [2.45, 2.75) is 0 Å². The number of fused-ring (bicyclic) bond motifs is 3. The number of hydrogen-bond donors (Lipinski definition) is 0. The van der Waals surface area contributed by atoms with Crippen LogP contribution in [0.2, 0.25) is 0 Å². The second-order valence-electron chi connectivity index (χ2n) is 4.10. The highest BCUT2D eigenvalue weighted by molar-refractivity contribution is 6.08. The van der Waals surface area contributed by atoms with Crippen LogP contribution in [0, 0.1) is 11.3 Å². The largest absolute Gasteiger partial charge is 0.493 e. The van der Waals surface area contributed by atoms with Gasteiger partial charge in [0.25, 0.3) is 0 Å². The number of methoxy groups -OCH3 is 1. The molecular formula is C15H9NO3. The van der Waals surface area contributed by atoms with E-state index >= 15 is 0 Å². The second kappa shape index (κ2) is 4.14. The van der Waals surface area contributed by atoms with Gasteiger partial charge in [-0.3, -0.25) is 0 Å². The van der Waals surface area contributed by atoms with Gasteiger partial charge in [-0.05, 0) is 22.9 Å². The van der Waals surface area contributed by atoms with Crippen LogP contribution in [-0.2, 0) is 0 Å². The van der Waals surface area contributed by atoms with Gasteiger partial charge >= 0.3 is 5.63 Å². The summed E-state index contributed by atoms with van der Waals surface area (Å²) < 4.78 is 10.5. The maximum atomic E-state index is 11.6. The summed E-state index contributed by atoms with van der Waals surface area (Å²) in [6, 6.07) is 12.9. The Bertz CT molecular complexity index is 887. The molecule has 2 aromatic carbocycles. The van der Waals surface area contributed by atoms with Crippen LogP contribution in [-0.4, -0.2) is 7.11 Å². The van der Waals surface area contributed by atoms with E-state index in [2.05, 4.69) is 0 Å². The Morgan fingerprint density at radius 3 is 2.74 bits per heavy atom. The molecule has 0 saturated carbocycles. The van der Waals surface area contributed by atoms with E-state index in [1.54, 1.807) is 6.07 Å². The van der Waals surface area contributed by atoms with E-state index in [4.69, 9.17) is 14.4 Å². The molecule has 0 saturated heterocycles. The summed E-state index contributed by atoms with van der Waals surface area (Å²) in [7, 11) is 1.52. The summed E-state index contributed by atoms with van der Waals surface area (Å²) in [5.41, 5.74) is -0.292. The van der Waals surface area contributed by atoms with Crippen LogP contribution in [0.5, 0.6) is 5.75 Å². The predicted octanol–water partition coefficient (Wildman–Crippen LogP) is 2.83. The molecule has 3 rings (SSSR count). The van der Waals surface area contributed by atoms with E-state index in [1.807, 2.05) is 36.4 Å². The fourth-order valence-electron chi connectivity index (χ4n) is 2.16. The second-order valence-corrected chi connectivity index (χ2v) is 4.10. The van der Waals surface area contributed by atoms with Crippen molar-refractivity contribution >= 4 is 21.7 Å². The van der Waals surface area contributed by atoms with Crippen LogP contribution in [0.4, 0.5) is 0 Å². The summed E-state index contributed by atoms with van der Waals surface area (Å²) in [5, 5.41) is 11.5. The number of benzene rings is 2. The molecule has 0 radical (unpaired) electrons. The minimum absolute atomic E-state index is 0.00842. The molecule has 0 amide bonds. The van der Waals surface area contributed by atoms with Crippen LogP contribution in [0.15, 0.2) is 45.6 Å². The summed E-state index contributed by atoms with van der Waals surface area (Å²) in [4.78, 5) is 11.6. The standard InChI is InChI=1S/C15H9NO3/c1-18-13-7-9-4-2-3-5-11(9)12-6-10(8-16)15(17)19-14(12)13/h2-7H,1H3. The van der Waals surface area contributed by atoms with Gasteiger partial charge in [0.1, 0.15) is 11.6 Å². The highest BCUT2D eigenvalue weighted by Crippen LogP contribution is 2.32. The Kier molecular flexibility index (Phi) is 2.46. The number of ether oxygens (including phenoxy) is 1. The molecule has 3 aromatic rings. The average Bonchev–Trinajstić information content (AvgIpc) is 2.45. The average molecular weight is 251 g/mol.